The van der Waals surface area contributed by atoms with Crippen LogP contribution in [0.2, 0.25) is 0 Å². The quantitative estimate of drug-likeness (QED) is 0.463. The Morgan fingerprint density at radius 3 is 0.917 bits per heavy atom. The third-order valence-corrected chi connectivity index (χ3v) is 5.84. The maximum absolute atomic E-state index is 5.17. The number of hydrogen-bond acceptors (Lipinski definition) is 2. The summed E-state index contributed by atoms with van der Waals surface area (Å²) in [5.74, 6) is 4.65. The zero-order valence-corrected chi connectivity index (χ0v) is 17.4. The Morgan fingerprint density at radius 2 is 0.708 bits per heavy atom. The van der Waals surface area contributed by atoms with Crippen molar-refractivity contribution in [2.24, 2.45) is 29.6 Å². The summed E-state index contributed by atoms with van der Waals surface area (Å²) in [6, 6.07) is 0. The summed E-state index contributed by atoms with van der Waals surface area (Å²) in [6.45, 7) is 15.2. The Labute approximate surface area is 155 Å². The van der Waals surface area contributed by atoms with E-state index in [0.29, 0.717) is 5.92 Å². The summed E-state index contributed by atoms with van der Waals surface area (Å²) in [7, 11) is 0. The topological polar surface area (TPSA) is 18.5 Å². The van der Waals surface area contributed by atoms with Crippen molar-refractivity contribution in [2.45, 2.75) is 99.2 Å². The van der Waals surface area contributed by atoms with Gasteiger partial charge >= 0.3 is 0 Å². The Balaban J connectivity index is 0. The third-order valence-electron chi connectivity index (χ3n) is 5.84. The van der Waals surface area contributed by atoms with Crippen LogP contribution in [0.5, 0.6) is 0 Å². The van der Waals surface area contributed by atoms with Crippen LogP contribution >= 0.6 is 0 Å². The maximum atomic E-state index is 5.17. The molecule has 0 spiro atoms. The van der Waals surface area contributed by atoms with Crippen LogP contribution in [0.4, 0.5) is 0 Å². The Bertz CT molecular complexity index is 213. The van der Waals surface area contributed by atoms with E-state index in [2.05, 4.69) is 34.6 Å². The van der Waals surface area contributed by atoms with Gasteiger partial charge in [0.15, 0.2) is 6.29 Å². The van der Waals surface area contributed by atoms with Gasteiger partial charge in [-0.15, -0.1) is 0 Å². The second-order valence-electron chi connectivity index (χ2n) is 9.07. The van der Waals surface area contributed by atoms with Gasteiger partial charge in [0.2, 0.25) is 0 Å². The first-order chi connectivity index (χ1) is 11.4. The second kappa shape index (κ2) is 12.3. The van der Waals surface area contributed by atoms with E-state index in [-0.39, 0.29) is 9.14 Å². The monoisotopic (exact) mass is 344 g/mol. The lowest BCUT2D eigenvalue weighted by atomic mass is 9.84. The lowest BCUT2D eigenvalue weighted by Crippen LogP contribution is -2.27. The summed E-state index contributed by atoms with van der Waals surface area (Å²) in [5.41, 5.74) is 0. The zero-order valence-electron chi connectivity index (χ0n) is 17.4. The normalized spacial score (nSPS) is 39.8. The van der Waals surface area contributed by atoms with Crippen molar-refractivity contribution in [2.75, 3.05) is 13.2 Å². The first kappa shape index (κ1) is 22.0. The molecule has 1 aliphatic heterocycles. The molecular weight excluding hydrogens is 296 g/mol. The lowest BCUT2D eigenvalue weighted by molar-refractivity contribution is -0.187. The highest BCUT2D eigenvalue weighted by Gasteiger charge is 2.14. The molecule has 3 fully saturated rings. The molecule has 0 radical (unpaired) electrons. The van der Waals surface area contributed by atoms with E-state index in [1.807, 2.05) is 6.92 Å². The van der Waals surface area contributed by atoms with E-state index in [1.54, 1.807) is 0 Å². The van der Waals surface area contributed by atoms with Gasteiger partial charge in [-0.2, -0.15) is 0 Å². The van der Waals surface area contributed by atoms with E-state index < -0.39 is 0 Å². The molecule has 3 rings (SSSR count). The van der Waals surface area contributed by atoms with Crippen molar-refractivity contribution in [3.63, 3.8) is 0 Å². The van der Waals surface area contributed by atoms with E-state index in [9.17, 15) is 0 Å². The van der Waals surface area contributed by atoms with Gasteiger partial charge in [0.25, 0.3) is 0 Å². The van der Waals surface area contributed by atoms with Gasteiger partial charge in [0.05, 0.1) is 13.2 Å². The molecule has 0 atom stereocenters. The van der Waals surface area contributed by atoms with Crippen LogP contribution in [0, 0.1) is 29.6 Å². The molecular formula is C22H48O2. The standard InChI is InChI=1S/2C8H16.C6H12O2.2H2/c2*1-7-3-5-8(2)6-4-7;1-5-3-7-6(2)8-4-5;;/h2*7-8H,3-6H2,1-2H3;5-6H,3-4H2,1-2H3;2*1H. The molecule has 2 saturated carbocycles. The van der Waals surface area contributed by atoms with Crippen molar-refractivity contribution in [3.8, 4) is 0 Å². The van der Waals surface area contributed by atoms with Crippen LogP contribution in [0.3, 0.4) is 0 Å². The van der Waals surface area contributed by atoms with Gasteiger partial charge in [-0.3, -0.25) is 0 Å². The van der Waals surface area contributed by atoms with Crippen LogP contribution in [0.15, 0.2) is 0 Å². The minimum atomic E-state index is 0. The average Bonchev–Trinajstić information content (AvgIpc) is 2.57. The zero-order chi connectivity index (χ0) is 17.9. The van der Waals surface area contributed by atoms with Crippen LogP contribution in [0.25, 0.3) is 0 Å². The van der Waals surface area contributed by atoms with Crippen molar-refractivity contribution < 1.29 is 12.3 Å². The molecule has 2 aliphatic carbocycles. The molecule has 2 heteroatoms. The van der Waals surface area contributed by atoms with Gasteiger partial charge in [0, 0.05) is 8.77 Å². The van der Waals surface area contributed by atoms with E-state index in [4.69, 9.17) is 9.47 Å². The smallest absolute Gasteiger partial charge is 0.154 e. The summed E-state index contributed by atoms with van der Waals surface area (Å²) < 4.78 is 10.3. The summed E-state index contributed by atoms with van der Waals surface area (Å²) in [6.07, 6.45) is 11.8. The van der Waals surface area contributed by atoms with E-state index in [0.717, 1.165) is 36.9 Å². The fraction of sp³-hybridized carbons (Fsp3) is 1.00. The molecule has 0 N–H and O–H groups in total. The summed E-state index contributed by atoms with van der Waals surface area (Å²) in [4.78, 5) is 0. The van der Waals surface area contributed by atoms with Gasteiger partial charge in [-0.25, -0.2) is 0 Å². The van der Waals surface area contributed by atoms with Gasteiger partial charge in [0.1, 0.15) is 0 Å². The Hall–Kier alpha value is -0.0800. The Morgan fingerprint density at radius 1 is 0.458 bits per heavy atom. The molecule has 1 heterocycles. The molecule has 0 aromatic heterocycles. The summed E-state index contributed by atoms with van der Waals surface area (Å²) >= 11 is 0. The minimum absolute atomic E-state index is 0. The van der Waals surface area contributed by atoms with Crippen LogP contribution in [0.1, 0.15) is 95.8 Å². The highest BCUT2D eigenvalue weighted by molar-refractivity contribution is 4.66. The highest BCUT2D eigenvalue weighted by Crippen LogP contribution is 2.27. The van der Waals surface area contributed by atoms with Crippen molar-refractivity contribution in [1.29, 1.82) is 0 Å². The first-order valence-electron chi connectivity index (χ1n) is 10.6. The number of rotatable bonds is 0. The van der Waals surface area contributed by atoms with Crippen LogP contribution in [-0.4, -0.2) is 19.5 Å². The Kier molecular flexibility index (Phi) is 11.3. The van der Waals surface area contributed by atoms with Crippen molar-refractivity contribution in [3.05, 3.63) is 0 Å². The largest absolute Gasteiger partial charge is 0.353 e. The molecule has 0 aromatic carbocycles. The molecule has 0 bridgehead atoms. The second-order valence-corrected chi connectivity index (χ2v) is 9.07. The fourth-order valence-corrected chi connectivity index (χ4v) is 3.55. The molecule has 148 valence electrons. The number of ether oxygens (including phenoxy) is 2. The minimum Gasteiger partial charge on any atom is -0.353 e. The van der Waals surface area contributed by atoms with Gasteiger partial charge in [-0.05, 0) is 30.6 Å². The molecule has 1 saturated heterocycles. The SMILES string of the molecule is CC1CCC(C)CC1.CC1CCC(C)CC1.CC1COC(C)OC1.[HH].[HH]. The molecule has 0 unspecified atom stereocenters. The molecule has 24 heavy (non-hydrogen) atoms. The molecule has 0 aromatic rings. The van der Waals surface area contributed by atoms with Crippen molar-refractivity contribution in [1.82, 2.24) is 0 Å². The van der Waals surface area contributed by atoms with Crippen LogP contribution < -0.4 is 0 Å². The molecule has 0 amide bonds. The fourth-order valence-electron chi connectivity index (χ4n) is 3.55. The highest BCUT2D eigenvalue weighted by atomic mass is 16.7. The first-order valence-corrected chi connectivity index (χ1v) is 10.6. The van der Waals surface area contributed by atoms with E-state index in [1.165, 1.54) is 51.4 Å². The molecule has 3 aliphatic rings. The average molecular weight is 345 g/mol. The third kappa shape index (κ3) is 10.7. The van der Waals surface area contributed by atoms with E-state index >= 15 is 0 Å². The maximum Gasteiger partial charge on any atom is 0.154 e. The summed E-state index contributed by atoms with van der Waals surface area (Å²) in [5, 5.41) is 0. The van der Waals surface area contributed by atoms with Gasteiger partial charge < -0.3 is 9.47 Å². The van der Waals surface area contributed by atoms with Crippen molar-refractivity contribution >= 4 is 0 Å². The predicted octanol–water partition coefficient (Wildman–Crippen LogP) is 7.17. The number of hydrogen-bond donors (Lipinski definition) is 0. The van der Waals surface area contributed by atoms with Gasteiger partial charge in [-0.1, -0.05) is 86.0 Å². The van der Waals surface area contributed by atoms with Crippen LogP contribution in [-0.2, 0) is 9.47 Å². The predicted molar refractivity (Wildman–Crippen MR) is 108 cm³/mol. The molecule has 2 nitrogen and oxygen atoms in total. The lowest BCUT2D eigenvalue weighted by Gasteiger charge is -2.24.